The molecule has 1 N–H and O–H groups in total. The molecule has 25 heavy (non-hydrogen) atoms. The predicted molar refractivity (Wildman–Crippen MR) is 105 cm³/mol. The van der Waals surface area contributed by atoms with Gasteiger partial charge in [0.15, 0.2) is 0 Å². The van der Waals surface area contributed by atoms with Crippen molar-refractivity contribution in [2.75, 3.05) is 6.54 Å². The van der Waals surface area contributed by atoms with E-state index in [0.717, 1.165) is 14.1 Å². The number of halogens is 1. The van der Waals surface area contributed by atoms with Gasteiger partial charge in [0.05, 0.1) is 6.54 Å². The zero-order valence-electron chi connectivity index (χ0n) is 15.7. The molecule has 1 rings (SSSR count). The van der Waals surface area contributed by atoms with Crippen molar-refractivity contribution in [1.29, 1.82) is 0 Å². The van der Waals surface area contributed by atoms with Crippen LogP contribution in [-0.2, 0) is 15.9 Å². The lowest BCUT2D eigenvalue weighted by atomic mass is 10.1. The Kier molecular flexibility index (Phi) is 7.52. The van der Waals surface area contributed by atoms with Gasteiger partial charge < -0.3 is 9.47 Å². The third-order valence-corrected chi connectivity index (χ3v) is 3.85. The Balaban J connectivity index is 2.82. The molecule has 0 aliphatic rings. The average Bonchev–Trinajstić information content (AvgIpc) is 2.41. The standard InChI is InChI=1S/C18H27IN2O4/c1-17(2,3)24-15(22)20-21(16(23)25-18(4,5)6)12-11-13-9-7-8-10-14(13)19/h7-10H,11-12H2,1-6H3,(H,20,22). The lowest BCUT2D eigenvalue weighted by Gasteiger charge is -2.29. The Morgan fingerprint density at radius 1 is 1.04 bits per heavy atom. The number of carbonyl (C=O) groups excluding carboxylic acids is 2. The molecule has 140 valence electrons. The highest BCUT2D eigenvalue weighted by atomic mass is 127. The molecule has 7 heteroatoms. The molecular weight excluding hydrogens is 435 g/mol. The van der Waals surface area contributed by atoms with Gasteiger partial charge in [-0.2, -0.15) is 0 Å². The number of nitrogens with one attached hydrogen (secondary N) is 1. The Morgan fingerprint density at radius 2 is 1.60 bits per heavy atom. The molecule has 2 amide bonds. The number of hydrogen-bond acceptors (Lipinski definition) is 4. The summed E-state index contributed by atoms with van der Waals surface area (Å²) in [6.07, 6.45) is -0.737. The quantitative estimate of drug-likeness (QED) is 0.530. The molecule has 0 aromatic heterocycles. The number of nitrogens with zero attached hydrogens (tertiary/aromatic N) is 1. The highest BCUT2D eigenvalue weighted by Crippen LogP contribution is 2.14. The van der Waals surface area contributed by atoms with Crippen LogP contribution in [0.5, 0.6) is 0 Å². The normalized spacial score (nSPS) is 11.6. The second-order valence-corrected chi connectivity index (χ2v) is 8.75. The fourth-order valence-electron chi connectivity index (χ4n) is 1.85. The van der Waals surface area contributed by atoms with E-state index in [1.54, 1.807) is 41.5 Å². The Hall–Kier alpha value is -1.51. The first-order valence-electron chi connectivity index (χ1n) is 8.11. The first-order valence-corrected chi connectivity index (χ1v) is 9.19. The lowest BCUT2D eigenvalue weighted by molar-refractivity contribution is 0.00163. The Bertz CT molecular complexity index is 606. The molecule has 1 aromatic carbocycles. The molecule has 0 saturated carbocycles. The molecule has 0 fully saturated rings. The molecular formula is C18H27IN2O4. The number of carbonyl (C=O) groups is 2. The van der Waals surface area contributed by atoms with Crippen molar-refractivity contribution in [3.8, 4) is 0 Å². The third kappa shape index (κ3) is 8.94. The van der Waals surface area contributed by atoms with Crippen LogP contribution in [0.25, 0.3) is 0 Å². The topological polar surface area (TPSA) is 67.9 Å². The maximum absolute atomic E-state index is 12.4. The van der Waals surface area contributed by atoms with Crippen molar-refractivity contribution in [3.63, 3.8) is 0 Å². The Labute approximate surface area is 163 Å². The van der Waals surface area contributed by atoms with Crippen molar-refractivity contribution in [2.24, 2.45) is 0 Å². The number of benzene rings is 1. The van der Waals surface area contributed by atoms with Crippen LogP contribution in [0, 0.1) is 3.57 Å². The molecule has 0 aliphatic carbocycles. The Morgan fingerprint density at radius 3 is 2.12 bits per heavy atom. The molecule has 0 heterocycles. The molecule has 0 unspecified atom stereocenters. The van der Waals surface area contributed by atoms with Crippen LogP contribution in [0.1, 0.15) is 47.1 Å². The highest BCUT2D eigenvalue weighted by molar-refractivity contribution is 14.1. The van der Waals surface area contributed by atoms with Crippen LogP contribution in [0.15, 0.2) is 24.3 Å². The van der Waals surface area contributed by atoms with Gasteiger partial charge in [0, 0.05) is 3.57 Å². The van der Waals surface area contributed by atoms with Gasteiger partial charge in [-0.1, -0.05) is 18.2 Å². The molecule has 1 aromatic rings. The largest absolute Gasteiger partial charge is 0.443 e. The SMILES string of the molecule is CC(C)(C)OC(=O)NN(CCc1ccccc1I)C(=O)OC(C)(C)C. The summed E-state index contributed by atoms with van der Waals surface area (Å²) in [6.45, 7) is 10.9. The second kappa shape index (κ2) is 8.73. The van der Waals surface area contributed by atoms with Gasteiger partial charge in [0.1, 0.15) is 11.2 Å². The van der Waals surface area contributed by atoms with Crippen molar-refractivity contribution in [2.45, 2.75) is 59.2 Å². The van der Waals surface area contributed by atoms with E-state index in [0.29, 0.717) is 6.42 Å². The number of rotatable bonds is 3. The molecule has 0 spiro atoms. The van der Waals surface area contributed by atoms with Crippen LogP contribution in [-0.4, -0.2) is 34.9 Å². The second-order valence-electron chi connectivity index (χ2n) is 7.59. The summed E-state index contributed by atoms with van der Waals surface area (Å²) in [7, 11) is 0. The van der Waals surface area contributed by atoms with Gasteiger partial charge in [-0.25, -0.2) is 20.0 Å². The predicted octanol–water partition coefficient (Wildman–Crippen LogP) is 4.51. The van der Waals surface area contributed by atoms with E-state index in [1.807, 2.05) is 24.3 Å². The van der Waals surface area contributed by atoms with Crippen LogP contribution in [0.4, 0.5) is 9.59 Å². The van der Waals surface area contributed by atoms with E-state index in [4.69, 9.17) is 9.47 Å². The summed E-state index contributed by atoms with van der Waals surface area (Å²) in [5.74, 6) is 0. The first kappa shape index (κ1) is 21.5. The van der Waals surface area contributed by atoms with Gasteiger partial charge in [-0.3, -0.25) is 0 Å². The number of hydrogen-bond donors (Lipinski definition) is 1. The monoisotopic (exact) mass is 462 g/mol. The van der Waals surface area contributed by atoms with E-state index in [2.05, 4.69) is 28.0 Å². The summed E-state index contributed by atoms with van der Waals surface area (Å²) >= 11 is 2.24. The fraction of sp³-hybridized carbons (Fsp3) is 0.556. The van der Waals surface area contributed by atoms with E-state index in [1.165, 1.54) is 0 Å². The molecule has 0 atom stereocenters. The van der Waals surface area contributed by atoms with E-state index in [-0.39, 0.29) is 6.54 Å². The van der Waals surface area contributed by atoms with Crippen molar-refractivity contribution >= 4 is 34.8 Å². The minimum absolute atomic E-state index is 0.272. The minimum Gasteiger partial charge on any atom is -0.443 e. The average molecular weight is 462 g/mol. The smallest absolute Gasteiger partial charge is 0.429 e. The maximum Gasteiger partial charge on any atom is 0.429 e. The summed E-state index contributed by atoms with van der Waals surface area (Å²) in [4.78, 5) is 24.4. The zero-order chi connectivity index (χ0) is 19.3. The maximum atomic E-state index is 12.4. The van der Waals surface area contributed by atoms with Crippen molar-refractivity contribution in [1.82, 2.24) is 10.4 Å². The van der Waals surface area contributed by atoms with Gasteiger partial charge in [0.25, 0.3) is 0 Å². The van der Waals surface area contributed by atoms with Gasteiger partial charge in [-0.05, 0) is 82.2 Å². The molecule has 0 saturated heterocycles. The molecule has 6 nitrogen and oxygen atoms in total. The van der Waals surface area contributed by atoms with Crippen LogP contribution in [0.3, 0.4) is 0 Å². The molecule has 0 bridgehead atoms. The van der Waals surface area contributed by atoms with Gasteiger partial charge in [-0.15, -0.1) is 0 Å². The summed E-state index contributed by atoms with van der Waals surface area (Å²) in [5.41, 5.74) is 2.25. The zero-order valence-corrected chi connectivity index (χ0v) is 17.8. The first-order chi connectivity index (χ1) is 11.4. The number of amides is 2. The van der Waals surface area contributed by atoms with Crippen LogP contribution < -0.4 is 5.43 Å². The third-order valence-electron chi connectivity index (χ3n) is 2.80. The van der Waals surface area contributed by atoms with Crippen molar-refractivity contribution < 1.29 is 19.1 Å². The molecule has 0 radical (unpaired) electrons. The fourth-order valence-corrected chi connectivity index (χ4v) is 2.51. The van der Waals surface area contributed by atoms with E-state index < -0.39 is 23.4 Å². The van der Waals surface area contributed by atoms with Crippen molar-refractivity contribution in [3.05, 3.63) is 33.4 Å². The summed E-state index contributed by atoms with van der Waals surface area (Å²) in [6, 6.07) is 7.88. The highest BCUT2D eigenvalue weighted by Gasteiger charge is 2.25. The van der Waals surface area contributed by atoms with Crippen LogP contribution in [0.2, 0.25) is 0 Å². The summed E-state index contributed by atoms with van der Waals surface area (Å²) in [5, 5.41) is 1.16. The van der Waals surface area contributed by atoms with Gasteiger partial charge >= 0.3 is 12.2 Å². The molecule has 0 aliphatic heterocycles. The minimum atomic E-state index is -0.693. The van der Waals surface area contributed by atoms with Gasteiger partial charge in [0.2, 0.25) is 0 Å². The van der Waals surface area contributed by atoms with E-state index in [9.17, 15) is 9.59 Å². The van der Waals surface area contributed by atoms with E-state index >= 15 is 0 Å². The number of ether oxygens (including phenoxy) is 2. The number of hydrazine groups is 1. The lowest BCUT2D eigenvalue weighted by Crippen LogP contribution is -2.50. The summed E-state index contributed by atoms with van der Waals surface area (Å²) < 4.78 is 11.7. The van der Waals surface area contributed by atoms with Crippen LogP contribution >= 0.6 is 22.6 Å².